The summed E-state index contributed by atoms with van der Waals surface area (Å²) in [7, 11) is 1.80. The van der Waals surface area contributed by atoms with Crippen molar-refractivity contribution in [3.8, 4) is 17.2 Å². The zero-order valence-corrected chi connectivity index (χ0v) is 18.5. The molecule has 1 amide bonds. The first-order valence-corrected chi connectivity index (χ1v) is 10.5. The fourth-order valence-corrected chi connectivity index (χ4v) is 3.42. The number of nitrogens with zero attached hydrogens (tertiary/aromatic N) is 2. The first-order chi connectivity index (χ1) is 15.0. The Morgan fingerprint density at radius 1 is 1.00 bits per heavy atom. The maximum atomic E-state index is 12.9. The monoisotopic (exact) mass is 423 g/mol. The highest BCUT2D eigenvalue weighted by atomic mass is 16.5. The number of ether oxygens (including phenoxy) is 2. The summed E-state index contributed by atoms with van der Waals surface area (Å²) in [6.07, 6.45) is 0.774. The number of nitrogens with one attached hydrogen (secondary N) is 1. The molecule has 1 heterocycles. The van der Waals surface area contributed by atoms with Crippen LogP contribution >= 0.6 is 0 Å². The Bertz CT molecular complexity index is 1100. The van der Waals surface area contributed by atoms with Crippen molar-refractivity contribution in [1.82, 2.24) is 9.36 Å². The molecule has 2 aromatic carbocycles. The topological polar surface area (TPSA) is 74.5 Å². The average Bonchev–Trinajstić information content (AvgIpc) is 2.98. The lowest BCUT2D eigenvalue weighted by Crippen LogP contribution is -2.23. The second kappa shape index (κ2) is 10.0. The summed E-state index contributed by atoms with van der Waals surface area (Å²) in [5.41, 5.74) is 2.46. The smallest absolute Gasteiger partial charge is 0.295 e. The van der Waals surface area contributed by atoms with Gasteiger partial charge >= 0.3 is 0 Å². The molecule has 0 unspecified atom stereocenters. The molecule has 164 valence electrons. The molecule has 0 aliphatic carbocycles. The van der Waals surface area contributed by atoms with Crippen LogP contribution in [-0.2, 0) is 18.3 Å². The van der Waals surface area contributed by atoms with E-state index in [0.29, 0.717) is 42.5 Å². The van der Waals surface area contributed by atoms with E-state index < -0.39 is 0 Å². The highest BCUT2D eigenvalue weighted by Gasteiger charge is 2.18. The summed E-state index contributed by atoms with van der Waals surface area (Å²) in [5.74, 6) is 1.16. The minimum absolute atomic E-state index is 0.210. The Labute approximate surface area is 182 Å². The second-order valence-corrected chi connectivity index (χ2v) is 7.13. The average molecular weight is 424 g/mol. The van der Waals surface area contributed by atoms with E-state index in [4.69, 9.17) is 9.47 Å². The van der Waals surface area contributed by atoms with Crippen LogP contribution in [0, 0.1) is 6.92 Å². The van der Waals surface area contributed by atoms with Crippen molar-refractivity contribution in [2.45, 2.75) is 33.6 Å². The van der Waals surface area contributed by atoms with E-state index in [1.54, 1.807) is 16.4 Å². The summed E-state index contributed by atoms with van der Waals surface area (Å²) in [6, 6.07) is 15.0. The zero-order chi connectivity index (χ0) is 22.4. The number of amides is 1. The molecule has 0 saturated heterocycles. The van der Waals surface area contributed by atoms with Gasteiger partial charge in [-0.3, -0.25) is 14.3 Å². The van der Waals surface area contributed by atoms with Crippen molar-refractivity contribution in [3.05, 3.63) is 70.1 Å². The Morgan fingerprint density at radius 3 is 2.35 bits per heavy atom. The minimum Gasteiger partial charge on any atom is -0.490 e. The second-order valence-electron chi connectivity index (χ2n) is 7.13. The number of aromatic nitrogens is 2. The molecule has 7 heteroatoms. The summed E-state index contributed by atoms with van der Waals surface area (Å²) in [6.45, 7) is 6.74. The normalized spacial score (nSPS) is 10.7. The molecule has 31 heavy (non-hydrogen) atoms. The zero-order valence-electron chi connectivity index (χ0n) is 18.5. The number of hydrogen-bond donors (Lipinski definition) is 1. The summed E-state index contributed by atoms with van der Waals surface area (Å²) in [4.78, 5) is 25.5. The van der Waals surface area contributed by atoms with Crippen molar-refractivity contribution < 1.29 is 14.3 Å². The van der Waals surface area contributed by atoms with E-state index >= 15 is 0 Å². The number of aryl methyl sites for hydroxylation is 1. The minimum atomic E-state index is -0.251. The van der Waals surface area contributed by atoms with E-state index in [9.17, 15) is 9.59 Å². The van der Waals surface area contributed by atoms with Gasteiger partial charge in [-0.2, -0.15) is 0 Å². The third-order valence-electron chi connectivity index (χ3n) is 5.07. The SMILES string of the molecule is CCOc1ccc(CCC(=O)Nc2c(C)n(C)n(-c3ccccc3)c2=O)cc1OCC. The van der Waals surface area contributed by atoms with Gasteiger partial charge in [0, 0.05) is 13.5 Å². The highest BCUT2D eigenvalue weighted by Crippen LogP contribution is 2.29. The van der Waals surface area contributed by atoms with Crippen LogP contribution in [0.15, 0.2) is 53.3 Å². The molecule has 3 aromatic rings. The molecular weight excluding hydrogens is 394 g/mol. The first-order valence-electron chi connectivity index (χ1n) is 10.5. The van der Waals surface area contributed by atoms with Crippen molar-refractivity contribution in [2.75, 3.05) is 18.5 Å². The van der Waals surface area contributed by atoms with E-state index in [0.717, 1.165) is 11.3 Å². The first kappa shape index (κ1) is 22.2. The molecule has 7 nitrogen and oxygen atoms in total. The number of rotatable bonds is 9. The number of benzene rings is 2. The van der Waals surface area contributed by atoms with Crippen LogP contribution in [0.2, 0.25) is 0 Å². The number of carbonyl (C=O) groups is 1. The maximum absolute atomic E-state index is 12.9. The number of anilines is 1. The molecule has 0 spiro atoms. The van der Waals surface area contributed by atoms with Gasteiger partial charge in [0.05, 0.1) is 24.6 Å². The third-order valence-corrected chi connectivity index (χ3v) is 5.07. The number of para-hydroxylation sites is 1. The molecule has 0 bridgehead atoms. The lowest BCUT2D eigenvalue weighted by molar-refractivity contribution is -0.116. The predicted molar refractivity (Wildman–Crippen MR) is 121 cm³/mol. The number of carbonyl (C=O) groups excluding carboxylic acids is 1. The Morgan fingerprint density at radius 2 is 1.68 bits per heavy atom. The van der Waals surface area contributed by atoms with Gasteiger partial charge in [0.1, 0.15) is 5.69 Å². The Hall–Kier alpha value is -3.48. The van der Waals surface area contributed by atoms with Gasteiger partial charge in [-0.1, -0.05) is 24.3 Å². The van der Waals surface area contributed by atoms with Gasteiger partial charge < -0.3 is 14.8 Å². The van der Waals surface area contributed by atoms with Crippen LogP contribution in [0.5, 0.6) is 11.5 Å². The quantitative estimate of drug-likeness (QED) is 0.567. The molecular formula is C24H29N3O4. The predicted octanol–water partition coefficient (Wildman–Crippen LogP) is 3.85. The fraction of sp³-hybridized carbons (Fsp3) is 0.333. The molecule has 0 fully saturated rings. The Kier molecular flexibility index (Phi) is 7.18. The Balaban J connectivity index is 1.72. The van der Waals surface area contributed by atoms with Gasteiger partial charge in [0.2, 0.25) is 5.91 Å². The van der Waals surface area contributed by atoms with Crippen LogP contribution in [-0.4, -0.2) is 28.5 Å². The fourth-order valence-electron chi connectivity index (χ4n) is 3.42. The van der Waals surface area contributed by atoms with E-state index in [-0.39, 0.29) is 17.9 Å². The van der Waals surface area contributed by atoms with E-state index in [1.807, 2.05) is 69.3 Å². The van der Waals surface area contributed by atoms with E-state index in [1.165, 1.54) is 0 Å². The van der Waals surface area contributed by atoms with Gasteiger partial charge in [-0.15, -0.1) is 0 Å². The molecule has 3 rings (SSSR count). The molecule has 1 aromatic heterocycles. The van der Waals surface area contributed by atoms with Crippen LogP contribution in [0.4, 0.5) is 5.69 Å². The molecule has 0 atom stereocenters. The van der Waals surface area contributed by atoms with Crippen LogP contribution in [0.1, 0.15) is 31.5 Å². The van der Waals surface area contributed by atoms with Crippen LogP contribution in [0.3, 0.4) is 0 Å². The van der Waals surface area contributed by atoms with Gasteiger partial charge in [-0.05, 0) is 57.0 Å². The lowest BCUT2D eigenvalue weighted by Gasteiger charge is -2.12. The summed E-state index contributed by atoms with van der Waals surface area (Å²) in [5, 5.41) is 2.80. The van der Waals surface area contributed by atoms with Gasteiger partial charge in [0.15, 0.2) is 11.5 Å². The largest absolute Gasteiger partial charge is 0.490 e. The van der Waals surface area contributed by atoms with Crippen LogP contribution < -0.4 is 20.3 Å². The molecule has 1 N–H and O–H groups in total. The molecule has 0 aliphatic heterocycles. The van der Waals surface area contributed by atoms with Crippen molar-refractivity contribution in [3.63, 3.8) is 0 Å². The van der Waals surface area contributed by atoms with E-state index in [2.05, 4.69) is 5.32 Å². The summed E-state index contributed by atoms with van der Waals surface area (Å²) >= 11 is 0. The van der Waals surface area contributed by atoms with Crippen molar-refractivity contribution in [1.29, 1.82) is 0 Å². The van der Waals surface area contributed by atoms with Crippen molar-refractivity contribution >= 4 is 11.6 Å². The van der Waals surface area contributed by atoms with Gasteiger partial charge in [0.25, 0.3) is 5.56 Å². The van der Waals surface area contributed by atoms with Gasteiger partial charge in [-0.25, -0.2) is 4.68 Å². The lowest BCUT2D eigenvalue weighted by atomic mass is 10.1. The third kappa shape index (κ3) is 4.99. The van der Waals surface area contributed by atoms with Crippen molar-refractivity contribution in [2.24, 2.45) is 7.05 Å². The standard InChI is InChI=1S/C24H29N3O4/c1-5-30-20-14-12-18(16-21(20)31-6-2)13-15-22(28)25-23-17(3)26(4)27(24(23)29)19-10-8-7-9-11-19/h7-12,14,16H,5-6,13,15H2,1-4H3,(H,25,28). The number of hydrogen-bond acceptors (Lipinski definition) is 4. The maximum Gasteiger partial charge on any atom is 0.295 e. The molecule has 0 radical (unpaired) electrons. The summed E-state index contributed by atoms with van der Waals surface area (Å²) < 4.78 is 14.5. The molecule has 0 aliphatic rings. The highest BCUT2D eigenvalue weighted by molar-refractivity contribution is 5.91. The molecule has 0 saturated carbocycles. The van der Waals surface area contributed by atoms with Crippen LogP contribution in [0.25, 0.3) is 5.69 Å².